The fourth-order valence-corrected chi connectivity index (χ4v) is 4.33. The van der Waals surface area contributed by atoms with E-state index in [4.69, 9.17) is 0 Å². The molecule has 1 saturated carbocycles. The van der Waals surface area contributed by atoms with Crippen LogP contribution < -0.4 is 4.90 Å². The number of rotatable bonds is 6. The lowest BCUT2D eigenvalue weighted by molar-refractivity contribution is 0.0623. The van der Waals surface area contributed by atoms with Gasteiger partial charge in [0.2, 0.25) is 5.95 Å². The topological polar surface area (TPSA) is 92.9 Å². The molecule has 9 heteroatoms. The standard InChI is InChI=1S/C23H28N8O/c1-3-17-12-27-23(28-13-17)29-9-6-19(7-10-29)31(18-4-5-18)22(32)20-14-26-21(15-25-20)30-11-8-24-16(30)2/h8,11-15,18-19H,3-7,9-10H2,1-2H3. The van der Waals surface area contributed by atoms with Crippen molar-refractivity contribution in [1.29, 1.82) is 0 Å². The normalized spacial score (nSPS) is 16.9. The average molecular weight is 433 g/mol. The van der Waals surface area contributed by atoms with Crippen LogP contribution in [0.5, 0.6) is 0 Å². The van der Waals surface area contributed by atoms with E-state index in [0.717, 1.165) is 62.5 Å². The Morgan fingerprint density at radius 1 is 0.969 bits per heavy atom. The number of piperidine rings is 1. The van der Waals surface area contributed by atoms with Gasteiger partial charge in [0, 0.05) is 50.0 Å². The third-order valence-electron chi connectivity index (χ3n) is 6.35. The van der Waals surface area contributed by atoms with E-state index in [1.165, 1.54) is 0 Å². The van der Waals surface area contributed by atoms with Crippen LogP contribution in [0.1, 0.15) is 54.5 Å². The maximum absolute atomic E-state index is 13.4. The number of amides is 1. The molecule has 5 rings (SSSR count). The Balaban J connectivity index is 1.27. The van der Waals surface area contributed by atoms with Crippen LogP contribution in [-0.2, 0) is 6.42 Å². The van der Waals surface area contributed by atoms with E-state index in [1.54, 1.807) is 18.6 Å². The van der Waals surface area contributed by atoms with E-state index in [-0.39, 0.29) is 11.9 Å². The van der Waals surface area contributed by atoms with E-state index in [0.29, 0.717) is 17.6 Å². The van der Waals surface area contributed by atoms with Gasteiger partial charge in [0.25, 0.3) is 5.91 Å². The minimum atomic E-state index is -0.0177. The zero-order chi connectivity index (χ0) is 22.1. The lowest BCUT2D eigenvalue weighted by atomic mass is 10.0. The summed E-state index contributed by atoms with van der Waals surface area (Å²) in [5.41, 5.74) is 1.55. The molecule has 1 aliphatic carbocycles. The van der Waals surface area contributed by atoms with E-state index in [1.807, 2.05) is 30.1 Å². The second-order valence-electron chi connectivity index (χ2n) is 8.51. The number of aromatic nitrogens is 6. The van der Waals surface area contributed by atoms with Gasteiger partial charge in [-0.05, 0) is 44.6 Å². The molecule has 0 unspecified atom stereocenters. The van der Waals surface area contributed by atoms with Crippen molar-refractivity contribution in [3.63, 3.8) is 0 Å². The number of nitrogens with zero attached hydrogens (tertiary/aromatic N) is 8. The summed E-state index contributed by atoms with van der Waals surface area (Å²) in [6.07, 6.45) is 15.5. The average Bonchev–Trinajstić information content (AvgIpc) is 3.58. The van der Waals surface area contributed by atoms with Crippen molar-refractivity contribution in [1.82, 2.24) is 34.4 Å². The molecule has 1 aliphatic heterocycles. The molecule has 0 aromatic carbocycles. The summed E-state index contributed by atoms with van der Waals surface area (Å²) < 4.78 is 1.85. The van der Waals surface area contributed by atoms with Gasteiger partial charge in [-0.3, -0.25) is 9.36 Å². The summed E-state index contributed by atoms with van der Waals surface area (Å²) in [5, 5.41) is 0. The minimum Gasteiger partial charge on any atom is -0.341 e. The fraction of sp³-hybridized carbons (Fsp3) is 0.478. The molecule has 1 amide bonds. The van der Waals surface area contributed by atoms with E-state index < -0.39 is 0 Å². The Hall–Kier alpha value is -3.36. The lowest BCUT2D eigenvalue weighted by Gasteiger charge is -2.38. The Morgan fingerprint density at radius 3 is 2.25 bits per heavy atom. The number of carbonyl (C=O) groups is 1. The first-order valence-electron chi connectivity index (χ1n) is 11.3. The second kappa shape index (κ2) is 8.64. The highest BCUT2D eigenvalue weighted by Gasteiger charge is 2.39. The van der Waals surface area contributed by atoms with Crippen LogP contribution >= 0.6 is 0 Å². The molecule has 0 atom stereocenters. The van der Waals surface area contributed by atoms with Gasteiger partial charge >= 0.3 is 0 Å². The molecular formula is C23H28N8O. The first kappa shape index (κ1) is 20.5. The molecule has 3 aromatic rings. The Labute approximate surface area is 187 Å². The first-order chi connectivity index (χ1) is 15.6. The second-order valence-corrected chi connectivity index (χ2v) is 8.51. The molecule has 3 aromatic heterocycles. The van der Waals surface area contributed by atoms with Crippen LogP contribution in [0.2, 0.25) is 0 Å². The molecule has 32 heavy (non-hydrogen) atoms. The fourth-order valence-electron chi connectivity index (χ4n) is 4.33. The molecule has 2 aliphatic rings. The zero-order valence-electron chi connectivity index (χ0n) is 18.6. The van der Waals surface area contributed by atoms with Crippen molar-refractivity contribution in [3.8, 4) is 5.82 Å². The molecule has 1 saturated heterocycles. The molecule has 0 radical (unpaired) electrons. The third kappa shape index (κ3) is 4.06. The Morgan fingerprint density at radius 2 is 1.69 bits per heavy atom. The maximum Gasteiger partial charge on any atom is 0.274 e. The lowest BCUT2D eigenvalue weighted by Crippen LogP contribution is -2.49. The maximum atomic E-state index is 13.4. The predicted molar refractivity (Wildman–Crippen MR) is 120 cm³/mol. The highest BCUT2D eigenvalue weighted by molar-refractivity contribution is 5.92. The summed E-state index contributed by atoms with van der Waals surface area (Å²) in [5.74, 6) is 2.26. The Kier molecular flexibility index (Phi) is 5.55. The van der Waals surface area contributed by atoms with E-state index in [9.17, 15) is 4.79 Å². The number of hydrogen-bond donors (Lipinski definition) is 0. The van der Waals surface area contributed by atoms with Crippen molar-refractivity contribution in [2.45, 2.75) is 58.0 Å². The molecular weight excluding hydrogens is 404 g/mol. The molecule has 0 bridgehead atoms. The third-order valence-corrected chi connectivity index (χ3v) is 6.35. The number of anilines is 1. The molecule has 4 heterocycles. The van der Waals surface area contributed by atoms with Crippen LogP contribution in [0, 0.1) is 6.92 Å². The van der Waals surface area contributed by atoms with Gasteiger partial charge in [-0.1, -0.05) is 6.92 Å². The summed E-state index contributed by atoms with van der Waals surface area (Å²) in [6.45, 7) is 5.70. The van der Waals surface area contributed by atoms with Crippen molar-refractivity contribution >= 4 is 11.9 Å². The van der Waals surface area contributed by atoms with Crippen molar-refractivity contribution in [2.24, 2.45) is 0 Å². The highest BCUT2D eigenvalue weighted by Crippen LogP contribution is 2.33. The predicted octanol–water partition coefficient (Wildman–Crippen LogP) is 2.60. The number of hydrogen-bond acceptors (Lipinski definition) is 7. The Bertz CT molecular complexity index is 1070. The van der Waals surface area contributed by atoms with Crippen LogP contribution in [0.4, 0.5) is 5.95 Å². The van der Waals surface area contributed by atoms with Gasteiger partial charge in [-0.15, -0.1) is 0 Å². The van der Waals surface area contributed by atoms with Crippen LogP contribution in [0.15, 0.2) is 37.2 Å². The first-order valence-corrected chi connectivity index (χ1v) is 11.3. The molecule has 0 spiro atoms. The van der Waals surface area contributed by atoms with Gasteiger partial charge in [0.15, 0.2) is 5.82 Å². The monoisotopic (exact) mass is 432 g/mol. The van der Waals surface area contributed by atoms with Crippen molar-refractivity contribution < 1.29 is 4.79 Å². The van der Waals surface area contributed by atoms with E-state index in [2.05, 4.69) is 41.6 Å². The van der Waals surface area contributed by atoms with Gasteiger partial charge in [-0.25, -0.2) is 24.9 Å². The van der Waals surface area contributed by atoms with Gasteiger partial charge < -0.3 is 9.80 Å². The summed E-state index contributed by atoms with van der Waals surface area (Å²) in [6, 6.07) is 0.523. The molecule has 9 nitrogen and oxygen atoms in total. The summed E-state index contributed by atoms with van der Waals surface area (Å²) >= 11 is 0. The quantitative estimate of drug-likeness (QED) is 0.591. The van der Waals surface area contributed by atoms with Crippen LogP contribution in [0.25, 0.3) is 5.82 Å². The number of aryl methyl sites for hydroxylation is 2. The highest BCUT2D eigenvalue weighted by atomic mass is 16.2. The molecule has 2 fully saturated rings. The zero-order valence-corrected chi connectivity index (χ0v) is 18.6. The smallest absolute Gasteiger partial charge is 0.274 e. The van der Waals surface area contributed by atoms with Gasteiger partial charge in [0.05, 0.1) is 12.4 Å². The minimum absolute atomic E-state index is 0.0177. The summed E-state index contributed by atoms with van der Waals surface area (Å²) in [4.78, 5) is 39.8. The van der Waals surface area contributed by atoms with Crippen LogP contribution in [0.3, 0.4) is 0 Å². The molecule has 0 N–H and O–H groups in total. The van der Waals surface area contributed by atoms with Crippen LogP contribution in [-0.4, -0.2) is 65.5 Å². The SMILES string of the molecule is CCc1cnc(N2CCC(N(C(=O)c3cnc(-n4ccnc4C)cn3)C3CC3)CC2)nc1. The van der Waals surface area contributed by atoms with Gasteiger partial charge in [-0.2, -0.15) is 0 Å². The van der Waals surface area contributed by atoms with E-state index >= 15 is 0 Å². The number of imidazole rings is 1. The molecule has 166 valence electrons. The van der Waals surface area contributed by atoms with Gasteiger partial charge in [0.1, 0.15) is 11.5 Å². The van der Waals surface area contributed by atoms with Crippen molar-refractivity contribution in [3.05, 3.63) is 54.3 Å². The number of carbonyl (C=O) groups excluding carboxylic acids is 1. The largest absolute Gasteiger partial charge is 0.341 e. The summed E-state index contributed by atoms with van der Waals surface area (Å²) in [7, 11) is 0. The van der Waals surface area contributed by atoms with Crippen molar-refractivity contribution in [2.75, 3.05) is 18.0 Å².